The molecule has 1 aromatic heterocycles. The smallest absolute Gasteiger partial charge is 0.200 e. The molecular weight excluding hydrogens is 158 g/mol. The molecule has 9 heavy (non-hydrogen) atoms. The van der Waals surface area contributed by atoms with Crippen molar-refractivity contribution in [1.82, 2.24) is 0 Å². The van der Waals surface area contributed by atoms with Gasteiger partial charge in [0.25, 0.3) is 0 Å². The van der Waals surface area contributed by atoms with Crippen molar-refractivity contribution in [3.63, 3.8) is 0 Å². The van der Waals surface area contributed by atoms with E-state index in [9.17, 15) is 0 Å². The third-order valence-corrected chi connectivity index (χ3v) is 1.96. The first-order valence-electron chi connectivity index (χ1n) is 2.23. The molecule has 0 saturated heterocycles. The molecule has 0 radical (unpaired) electrons. The third-order valence-electron chi connectivity index (χ3n) is 0.750. The van der Waals surface area contributed by atoms with Crippen LogP contribution in [-0.4, -0.2) is 6.40 Å². The maximum atomic E-state index is 6.58. The quantitative estimate of drug-likeness (QED) is 0.525. The van der Waals surface area contributed by atoms with E-state index in [0.29, 0.717) is 10.1 Å². The normalized spacial score (nSPS) is 9.00. The van der Waals surface area contributed by atoms with E-state index in [1.807, 2.05) is 0 Å². The second-order valence-electron chi connectivity index (χ2n) is 1.29. The van der Waals surface area contributed by atoms with Crippen molar-refractivity contribution < 1.29 is 4.74 Å². The fourth-order valence-electron chi connectivity index (χ4n) is 0.417. The van der Waals surface area contributed by atoms with Crippen molar-refractivity contribution in [2.24, 2.45) is 0 Å². The molecule has 1 rings (SSSR count). The van der Waals surface area contributed by atoms with E-state index in [1.165, 1.54) is 11.3 Å². The number of halogens is 1. The molecule has 0 aliphatic carbocycles. The summed E-state index contributed by atoms with van der Waals surface area (Å²) in [5, 5.41) is 9.52. The number of thiophene rings is 1. The van der Waals surface area contributed by atoms with E-state index in [1.54, 1.807) is 11.4 Å². The van der Waals surface area contributed by atoms with Crippen LogP contribution in [0.3, 0.4) is 0 Å². The van der Waals surface area contributed by atoms with Gasteiger partial charge in [0.15, 0.2) is 6.40 Å². The van der Waals surface area contributed by atoms with Crippen LogP contribution in [-0.2, 0) is 0 Å². The molecule has 0 aromatic carbocycles. The van der Waals surface area contributed by atoms with E-state index in [2.05, 4.69) is 0 Å². The number of hydrogen-bond donors (Lipinski definition) is 1. The standard InChI is InChI=1S/C5H4ClNOS/c6-4-1-2-9-5(4)8-3-7/h1-3,7H. The molecule has 0 spiro atoms. The molecule has 2 nitrogen and oxygen atoms in total. The van der Waals surface area contributed by atoms with Gasteiger partial charge in [0.2, 0.25) is 5.06 Å². The highest BCUT2D eigenvalue weighted by atomic mass is 35.5. The average Bonchev–Trinajstić information content (AvgIpc) is 2.18. The first-order valence-corrected chi connectivity index (χ1v) is 3.49. The highest BCUT2D eigenvalue weighted by Crippen LogP contribution is 2.29. The lowest BCUT2D eigenvalue weighted by atomic mass is 10.6. The Hall–Kier alpha value is -0.540. The molecule has 0 amide bonds. The Kier molecular flexibility index (Phi) is 2.08. The van der Waals surface area contributed by atoms with E-state index in [4.69, 9.17) is 21.7 Å². The Morgan fingerprint density at radius 3 is 3.00 bits per heavy atom. The Morgan fingerprint density at radius 1 is 1.78 bits per heavy atom. The zero-order chi connectivity index (χ0) is 6.69. The van der Waals surface area contributed by atoms with Crippen molar-refractivity contribution in [1.29, 1.82) is 5.41 Å². The molecule has 0 unspecified atom stereocenters. The number of nitrogens with one attached hydrogen (secondary N) is 1. The van der Waals surface area contributed by atoms with Crippen molar-refractivity contribution in [3.05, 3.63) is 16.5 Å². The second kappa shape index (κ2) is 2.85. The summed E-state index contributed by atoms with van der Waals surface area (Å²) in [6.45, 7) is 0. The summed E-state index contributed by atoms with van der Waals surface area (Å²) >= 11 is 6.97. The van der Waals surface area contributed by atoms with Crippen LogP contribution >= 0.6 is 22.9 Å². The van der Waals surface area contributed by atoms with Crippen LogP contribution < -0.4 is 4.74 Å². The maximum Gasteiger partial charge on any atom is 0.200 e. The number of ether oxygens (including phenoxy) is 1. The van der Waals surface area contributed by atoms with Gasteiger partial charge < -0.3 is 4.74 Å². The van der Waals surface area contributed by atoms with Gasteiger partial charge >= 0.3 is 0 Å². The van der Waals surface area contributed by atoms with E-state index in [0.717, 1.165) is 6.40 Å². The Bertz CT molecular complexity index is 210. The number of hydrogen-bond acceptors (Lipinski definition) is 3. The summed E-state index contributed by atoms with van der Waals surface area (Å²) in [6, 6.07) is 1.73. The summed E-state index contributed by atoms with van der Waals surface area (Å²) in [7, 11) is 0. The van der Waals surface area contributed by atoms with Gasteiger partial charge in [-0.15, -0.1) is 11.3 Å². The van der Waals surface area contributed by atoms with Crippen LogP contribution in [0.2, 0.25) is 5.02 Å². The molecule has 1 aromatic rings. The van der Waals surface area contributed by atoms with Crippen LogP contribution in [0.1, 0.15) is 0 Å². The van der Waals surface area contributed by atoms with Gasteiger partial charge in [-0.25, -0.2) is 0 Å². The third kappa shape index (κ3) is 1.43. The van der Waals surface area contributed by atoms with Gasteiger partial charge in [-0.2, -0.15) is 0 Å². The lowest BCUT2D eigenvalue weighted by Gasteiger charge is -1.90. The first kappa shape index (κ1) is 6.58. The summed E-state index contributed by atoms with van der Waals surface area (Å²) in [4.78, 5) is 0. The van der Waals surface area contributed by atoms with E-state index >= 15 is 0 Å². The lowest BCUT2D eigenvalue weighted by Crippen LogP contribution is -1.82. The fraction of sp³-hybridized carbons (Fsp3) is 0. The molecule has 0 fully saturated rings. The molecular formula is C5H4ClNOS. The molecule has 0 aliphatic rings. The molecule has 48 valence electrons. The van der Waals surface area contributed by atoms with Crippen LogP contribution in [0, 0.1) is 5.41 Å². The van der Waals surface area contributed by atoms with Crippen molar-refractivity contribution in [3.8, 4) is 5.06 Å². The van der Waals surface area contributed by atoms with Crippen molar-refractivity contribution in [2.45, 2.75) is 0 Å². The number of rotatable bonds is 2. The minimum atomic E-state index is 0.559. The highest BCUT2D eigenvalue weighted by molar-refractivity contribution is 7.12. The zero-order valence-corrected chi connectivity index (χ0v) is 6.00. The summed E-state index contributed by atoms with van der Waals surface area (Å²) in [6.07, 6.45) is 0.859. The molecule has 1 N–H and O–H groups in total. The predicted octanol–water partition coefficient (Wildman–Crippen LogP) is 2.39. The summed E-state index contributed by atoms with van der Waals surface area (Å²) < 4.78 is 4.70. The van der Waals surface area contributed by atoms with Crippen molar-refractivity contribution >= 4 is 29.3 Å². The molecule has 0 atom stereocenters. The molecule has 0 bridgehead atoms. The lowest BCUT2D eigenvalue weighted by molar-refractivity contribution is 0.587. The summed E-state index contributed by atoms with van der Waals surface area (Å²) in [5.41, 5.74) is 0. The van der Waals surface area contributed by atoms with Gasteiger partial charge in [0, 0.05) is 0 Å². The first-order chi connectivity index (χ1) is 4.34. The minimum absolute atomic E-state index is 0.559. The van der Waals surface area contributed by atoms with Gasteiger partial charge in [0.05, 0.1) is 5.02 Å². The van der Waals surface area contributed by atoms with Gasteiger partial charge in [-0.1, -0.05) is 11.6 Å². The van der Waals surface area contributed by atoms with Gasteiger partial charge in [-0.3, -0.25) is 5.41 Å². The Labute approximate surface area is 61.5 Å². The van der Waals surface area contributed by atoms with E-state index in [-0.39, 0.29) is 0 Å². The predicted molar refractivity (Wildman–Crippen MR) is 38.7 cm³/mol. The minimum Gasteiger partial charge on any atom is -0.434 e. The average molecular weight is 162 g/mol. The zero-order valence-electron chi connectivity index (χ0n) is 4.43. The van der Waals surface area contributed by atoms with E-state index < -0.39 is 0 Å². The van der Waals surface area contributed by atoms with Crippen molar-refractivity contribution in [2.75, 3.05) is 0 Å². The molecule has 0 aliphatic heterocycles. The molecule has 0 saturated carbocycles. The monoisotopic (exact) mass is 161 g/mol. The Morgan fingerprint density at radius 2 is 2.56 bits per heavy atom. The maximum absolute atomic E-state index is 6.58. The topological polar surface area (TPSA) is 33.1 Å². The van der Waals surface area contributed by atoms with Crippen LogP contribution in [0.5, 0.6) is 5.06 Å². The Balaban J connectivity index is 2.80. The largest absolute Gasteiger partial charge is 0.434 e. The molecule has 1 heterocycles. The van der Waals surface area contributed by atoms with Crippen LogP contribution in [0.25, 0.3) is 0 Å². The van der Waals surface area contributed by atoms with Crippen LogP contribution in [0.15, 0.2) is 11.4 Å². The van der Waals surface area contributed by atoms with Gasteiger partial charge in [-0.05, 0) is 11.4 Å². The fourth-order valence-corrected chi connectivity index (χ4v) is 1.35. The summed E-state index contributed by atoms with van der Waals surface area (Å²) in [5.74, 6) is 0. The van der Waals surface area contributed by atoms with Gasteiger partial charge in [0.1, 0.15) is 0 Å². The highest BCUT2D eigenvalue weighted by Gasteiger charge is 1.98. The molecule has 4 heteroatoms. The second-order valence-corrected chi connectivity index (χ2v) is 2.58. The van der Waals surface area contributed by atoms with Crippen LogP contribution in [0.4, 0.5) is 0 Å². The SMILES string of the molecule is N=COc1sccc1Cl.